The number of hydrogen-bond acceptors (Lipinski definition) is 3. The van der Waals surface area contributed by atoms with Gasteiger partial charge in [0, 0.05) is 32.4 Å². The van der Waals surface area contributed by atoms with E-state index >= 15 is 0 Å². The molecule has 1 heterocycles. The zero-order valence-corrected chi connectivity index (χ0v) is 12.6. The predicted molar refractivity (Wildman–Crippen MR) is 82.4 cm³/mol. The number of nitrogens with one attached hydrogen (secondary N) is 1. The molecule has 0 fully saturated rings. The molecule has 0 saturated carbocycles. The molecule has 0 saturated heterocycles. The molecule has 0 atom stereocenters. The summed E-state index contributed by atoms with van der Waals surface area (Å²) in [4.78, 5) is 29.4. The molecule has 110 valence electrons. The van der Waals surface area contributed by atoms with Crippen LogP contribution in [0.1, 0.15) is 16.8 Å². The van der Waals surface area contributed by atoms with Gasteiger partial charge < -0.3 is 10.2 Å². The van der Waals surface area contributed by atoms with Crippen molar-refractivity contribution in [1.82, 2.24) is 15.2 Å². The number of halogens is 1. The molecule has 1 N–H and O–H groups in total. The summed E-state index contributed by atoms with van der Waals surface area (Å²) < 4.78 is 0. The number of hydrogen-bond donors (Lipinski definition) is 1. The van der Waals surface area contributed by atoms with Gasteiger partial charge in [-0.3, -0.25) is 9.59 Å². The lowest BCUT2D eigenvalue weighted by Gasteiger charge is -2.11. The van der Waals surface area contributed by atoms with Crippen molar-refractivity contribution in [2.24, 2.45) is 0 Å². The van der Waals surface area contributed by atoms with Crippen LogP contribution in [0.5, 0.6) is 0 Å². The molecule has 0 bridgehead atoms. The van der Waals surface area contributed by atoms with Crippen LogP contribution in [0.15, 0.2) is 30.3 Å². The summed E-state index contributed by atoms with van der Waals surface area (Å²) >= 11 is 5.94. The van der Waals surface area contributed by atoms with E-state index in [2.05, 4.69) is 10.3 Å². The van der Waals surface area contributed by atoms with E-state index in [-0.39, 0.29) is 29.9 Å². The van der Waals surface area contributed by atoms with Gasteiger partial charge in [0.15, 0.2) is 0 Å². The standard InChI is InChI=1S/C15H16ClN3O2/c1-19(2)14(20)7-8-17-15(21)11-9-13(16)18-12-6-4-3-5-10(11)12/h3-6,9H,7-8H2,1-2H3,(H,17,21). The van der Waals surface area contributed by atoms with Crippen LogP contribution in [-0.2, 0) is 4.79 Å². The Morgan fingerprint density at radius 1 is 1.29 bits per heavy atom. The van der Waals surface area contributed by atoms with Gasteiger partial charge in [-0.1, -0.05) is 29.8 Å². The number of pyridine rings is 1. The molecule has 6 heteroatoms. The van der Waals surface area contributed by atoms with Crippen molar-refractivity contribution in [1.29, 1.82) is 0 Å². The molecule has 1 aromatic heterocycles. The van der Waals surface area contributed by atoms with E-state index < -0.39 is 0 Å². The number of carbonyl (C=O) groups is 2. The van der Waals surface area contributed by atoms with Crippen LogP contribution < -0.4 is 5.32 Å². The van der Waals surface area contributed by atoms with Gasteiger partial charge in [-0.2, -0.15) is 0 Å². The van der Waals surface area contributed by atoms with Crippen LogP contribution >= 0.6 is 11.6 Å². The van der Waals surface area contributed by atoms with E-state index in [0.717, 1.165) is 5.39 Å². The Hall–Kier alpha value is -2.14. The SMILES string of the molecule is CN(C)C(=O)CCNC(=O)c1cc(Cl)nc2ccccc12. The molecule has 2 amide bonds. The molecule has 0 aliphatic carbocycles. The van der Waals surface area contributed by atoms with Crippen molar-refractivity contribution in [2.75, 3.05) is 20.6 Å². The van der Waals surface area contributed by atoms with Crippen LogP contribution in [0.4, 0.5) is 0 Å². The van der Waals surface area contributed by atoms with Gasteiger partial charge in [-0.05, 0) is 12.1 Å². The summed E-state index contributed by atoms with van der Waals surface area (Å²) in [6, 6.07) is 8.83. The fourth-order valence-corrected chi connectivity index (χ4v) is 2.13. The third kappa shape index (κ3) is 3.70. The van der Waals surface area contributed by atoms with Gasteiger partial charge in [0.25, 0.3) is 5.91 Å². The molecule has 0 spiro atoms. The van der Waals surface area contributed by atoms with E-state index in [1.807, 2.05) is 18.2 Å². The second-order valence-corrected chi connectivity index (χ2v) is 5.19. The highest BCUT2D eigenvalue weighted by molar-refractivity contribution is 6.30. The zero-order valence-electron chi connectivity index (χ0n) is 11.9. The minimum absolute atomic E-state index is 0.0343. The first-order valence-corrected chi connectivity index (χ1v) is 6.90. The van der Waals surface area contributed by atoms with Crippen molar-refractivity contribution >= 4 is 34.3 Å². The van der Waals surface area contributed by atoms with Crippen LogP contribution in [0.2, 0.25) is 5.15 Å². The Morgan fingerprint density at radius 2 is 2.00 bits per heavy atom. The molecule has 0 radical (unpaired) electrons. The summed E-state index contributed by atoms with van der Waals surface area (Å²) in [6.07, 6.45) is 0.259. The topological polar surface area (TPSA) is 62.3 Å². The molecule has 0 aliphatic heterocycles. The summed E-state index contributed by atoms with van der Waals surface area (Å²) in [6.45, 7) is 0.282. The second-order valence-electron chi connectivity index (χ2n) is 4.80. The van der Waals surface area contributed by atoms with Crippen LogP contribution in [0, 0.1) is 0 Å². The lowest BCUT2D eigenvalue weighted by Crippen LogP contribution is -2.30. The van der Waals surface area contributed by atoms with Gasteiger partial charge in [0.2, 0.25) is 5.91 Å². The van der Waals surface area contributed by atoms with Crippen LogP contribution in [0.3, 0.4) is 0 Å². The smallest absolute Gasteiger partial charge is 0.252 e. The van der Waals surface area contributed by atoms with Crippen LogP contribution in [0.25, 0.3) is 10.9 Å². The average Bonchev–Trinajstić information content (AvgIpc) is 2.45. The van der Waals surface area contributed by atoms with Gasteiger partial charge in [-0.25, -0.2) is 4.98 Å². The van der Waals surface area contributed by atoms with Crippen molar-refractivity contribution < 1.29 is 9.59 Å². The van der Waals surface area contributed by atoms with Crippen molar-refractivity contribution in [2.45, 2.75) is 6.42 Å². The van der Waals surface area contributed by atoms with Crippen molar-refractivity contribution in [3.63, 3.8) is 0 Å². The molecule has 2 aromatic rings. The number of para-hydroxylation sites is 1. The Morgan fingerprint density at radius 3 is 2.71 bits per heavy atom. The van der Waals surface area contributed by atoms with Gasteiger partial charge in [0.05, 0.1) is 11.1 Å². The fraction of sp³-hybridized carbons (Fsp3) is 0.267. The third-order valence-electron chi connectivity index (χ3n) is 3.05. The number of benzene rings is 1. The molecule has 1 aromatic carbocycles. The predicted octanol–water partition coefficient (Wildman–Crippen LogP) is 2.10. The van der Waals surface area contributed by atoms with Crippen molar-refractivity contribution in [3.05, 3.63) is 41.0 Å². The summed E-state index contributed by atoms with van der Waals surface area (Å²) in [5.74, 6) is -0.296. The minimum atomic E-state index is -0.262. The highest BCUT2D eigenvalue weighted by Gasteiger charge is 2.12. The maximum absolute atomic E-state index is 12.2. The number of carbonyl (C=O) groups excluding carboxylic acids is 2. The molecule has 0 aliphatic rings. The van der Waals surface area contributed by atoms with Gasteiger partial charge in [0.1, 0.15) is 5.15 Å². The van der Waals surface area contributed by atoms with Crippen LogP contribution in [-0.4, -0.2) is 42.3 Å². The number of amides is 2. The Labute approximate surface area is 127 Å². The quantitative estimate of drug-likeness (QED) is 0.880. The lowest BCUT2D eigenvalue weighted by atomic mass is 10.1. The normalized spacial score (nSPS) is 10.4. The molecule has 0 unspecified atom stereocenters. The zero-order chi connectivity index (χ0) is 15.4. The first kappa shape index (κ1) is 15.3. The first-order chi connectivity index (χ1) is 9.99. The summed E-state index contributed by atoms with van der Waals surface area (Å²) in [5.41, 5.74) is 1.13. The molecule has 5 nitrogen and oxygen atoms in total. The van der Waals surface area contributed by atoms with E-state index in [0.29, 0.717) is 11.1 Å². The number of nitrogens with zero attached hydrogens (tertiary/aromatic N) is 2. The monoisotopic (exact) mass is 305 g/mol. The molecular formula is C15H16ClN3O2. The van der Waals surface area contributed by atoms with E-state index in [1.54, 1.807) is 20.2 Å². The maximum Gasteiger partial charge on any atom is 0.252 e. The first-order valence-electron chi connectivity index (χ1n) is 6.52. The Kier molecular flexibility index (Phi) is 4.75. The maximum atomic E-state index is 12.2. The third-order valence-corrected chi connectivity index (χ3v) is 3.25. The minimum Gasteiger partial charge on any atom is -0.351 e. The average molecular weight is 306 g/mol. The Balaban J connectivity index is 2.14. The van der Waals surface area contributed by atoms with Gasteiger partial charge in [-0.15, -0.1) is 0 Å². The van der Waals surface area contributed by atoms with E-state index in [4.69, 9.17) is 11.6 Å². The van der Waals surface area contributed by atoms with E-state index in [1.165, 1.54) is 11.0 Å². The summed E-state index contributed by atoms with van der Waals surface area (Å²) in [5, 5.41) is 3.73. The molecular weight excluding hydrogens is 290 g/mol. The molecule has 21 heavy (non-hydrogen) atoms. The lowest BCUT2D eigenvalue weighted by molar-refractivity contribution is -0.128. The number of rotatable bonds is 4. The second kappa shape index (κ2) is 6.54. The van der Waals surface area contributed by atoms with Crippen molar-refractivity contribution in [3.8, 4) is 0 Å². The molecule has 2 rings (SSSR count). The van der Waals surface area contributed by atoms with Gasteiger partial charge >= 0.3 is 0 Å². The fourth-order valence-electron chi connectivity index (χ4n) is 1.93. The highest BCUT2D eigenvalue weighted by atomic mass is 35.5. The summed E-state index contributed by atoms with van der Waals surface area (Å²) in [7, 11) is 3.36. The number of fused-ring (bicyclic) bond motifs is 1. The largest absolute Gasteiger partial charge is 0.351 e. The highest BCUT2D eigenvalue weighted by Crippen LogP contribution is 2.20. The Bertz CT molecular complexity index is 686. The number of aromatic nitrogens is 1. The van der Waals surface area contributed by atoms with E-state index in [9.17, 15) is 9.59 Å².